The number of phenols is 1. The number of hydrogen-bond donors (Lipinski definition) is 2. The van der Waals surface area contributed by atoms with E-state index in [-0.39, 0.29) is 5.54 Å². The van der Waals surface area contributed by atoms with Crippen molar-refractivity contribution in [1.82, 2.24) is 0 Å². The zero-order valence-electron chi connectivity index (χ0n) is 8.39. The van der Waals surface area contributed by atoms with E-state index in [1.54, 1.807) is 6.07 Å². The molecule has 1 aliphatic rings. The summed E-state index contributed by atoms with van der Waals surface area (Å²) in [5.74, 6) is 0.312. The van der Waals surface area contributed by atoms with Crippen LogP contribution in [0.2, 0.25) is 5.02 Å². The summed E-state index contributed by atoms with van der Waals surface area (Å²) in [4.78, 5) is 0. The molecule has 0 amide bonds. The van der Waals surface area contributed by atoms with Crippen molar-refractivity contribution in [2.45, 2.75) is 32.2 Å². The average molecular weight is 212 g/mol. The third kappa shape index (κ3) is 1.30. The maximum Gasteiger partial charge on any atom is 0.123 e. The molecule has 0 radical (unpaired) electrons. The minimum atomic E-state index is -0.330. The van der Waals surface area contributed by atoms with Crippen molar-refractivity contribution in [3.63, 3.8) is 0 Å². The SMILES string of the molecule is Cc1cc(Cl)c(C)c(C2(N)CC2)c1O. The summed E-state index contributed by atoms with van der Waals surface area (Å²) >= 11 is 6.06. The van der Waals surface area contributed by atoms with E-state index in [4.69, 9.17) is 17.3 Å². The predicted octanol–water partition coefficient (Wildman–Crippen LogP) is 2.61. The largest absolute Gasteiger partial charge is 0.507 e. The Morgan fingerprint density at radius 1 is 1.43 bits per heavy atom. The fourth-order valence-electron chi connectivity index (χ4n) is 1.85. The van der Waals surface area contributed by atoms with E-state index in [0.717, 1.165) is 29.5 Å². The molecule has 0 unspecified atom stereocenters. The third-order valence-electron chi connectivity index (χ3n) is 2.97. The summed E-state index contributed by atoms with van der Waals surface area (Å²) in [6.07, 6.45) is 1.86. The van der Waals surface area contributed by atoms with Gasteiger partial charge in [0.25, 0.3) is 0 Å². The molecular weight excluding hydrogens is 198 g/mol. The number of rotatable bonds is 1. The van der Waals surface area contributed by atoms with E-state index in [0.29, 0.717) is 10.8 Å². The Morgan fingerprint density at radius 2 is 2.00 bits per heavy atom. The van der Waals surface area contributed by atoms with Crippen LogP contribution in [0.1, 0.15) is 29.5 Å². The van der Waals surface area contributed by atoms with Gasteiger partial charge < -0.3 is 10.8 Å². The van der Waals surface area contributed by atoms with E-state index in [2.05, 4.69) is 0 Å². The van der Waals surface area contributed by atoms with Crippen molar-refractivity contribution in [3.05, 3.63) is 27.8 Å². The van der Waals surface area contributed by atoms with Crippen molar-refractivity contribution in [1.29, 1.82) is 0 Å². The molecule has 0 aromatic heterocycles. The van der Waals surface area contributed by atoms with E-state index >= 15 is 0 Å². The standard InChI is InChI=1S/C11H14ClNO/c1-6-5-8(12)7(2)9(10(6)14)11(13)3-4-11/h5,14H,3-4,13H2,1-2H3. The molecule has 14 heavy (non-hydrogen) atoms. The molecule has 0 bridgehead atoms. The Hall–Kier alpha value is -0.730. The molecule has 3 heteroatoms. The van der Waals surface area contributed by atoms with Gasteiger partial charge in [-0.15, -0.1) is 0 Å². The Bertz CT molecular complexity index is 371. The van der Waals surface area contributed by atoms with Gasteiger partial charge in [0.2, 0.25) is 0 Å². The van der Waals surface area contributed by atoms with Crippen LogP contribution in [0.4, 0.5) is 0 Å². The molecular formula is C11H14ClNO. The Labute approximate surface area is 88.7 Å². The molecule has 3 N–H and O–H groups in total. The number of hydrogen-bond acceptors (Lipinski definition) is 2. The van der Waals surface area contributed by atoms with Crippen molar-refractivity contribution < 1.29 is 5.11 Å². The van der Waals surface area contributed by atoms with Crippen LogP contribution < -0.4 is 5.73 Å². The number of aryl methyl sites for hydroxylation is 1. The van der Waals surface area contributed by atoms with Crippen molar-refractivity contribution >= 4 is 11.6 Å². The van der Waals surface area contributed by atoms with Gasteiger partial charge in [-0.3, -0.25) is 0 Å². The normalized spacial score (nSPS) is 18.3. The third-order valence-corrected chi connectivity index (χ3v) is 3.37. The molecule has 1 fully saturated rings. The van der Waals surface area contributed by atoms with Gasteiger partial charge in [0.15, 0.2) is 0 Å². The lowest BCUT2D eigenvalue weighted by Gasteiger charge is -2.17. The second-order valence-electron chi connectivity index (χ2n) is 4.18. The number of halogens is 1. The molecule has 0 heterocycles. The lowest BCUT2D eigenvalue weighted by molar-refractivity contribution is 0.454. The van der Waals surface area contributed by atoms with Gasteiger partial charge in [-0.05, 0) is 43.9 Å². The number of aromatic hydroxyl groups is 1. The molecule has 2 nitrogen and oxygen atoms in total. The van der Waals surface area contributed by atoms with E-state index in [9.17, 15) is 5.11 Å². The van der Waals surface area contributed by atoms with Crippen LogP contribution in [0.3, 0.4) is 0 Å². The fourth-order valence-corrected chi connectivity index (χ4v) is 2.11. The van der Waals surface area contributed by atoms with Gasteiger partial charge in [-0.1, -0.05) is 11.6 Å². The molecule has 0 aliphatic heterocycles. The highest BCUT2D eigenvalue weighted by atomic mass is 35.5. The van der Waals surface area contributed by atoms with Crippen LogP contribution >= 0.6 is 11.6 Å². The minimum Gasteiger partial charge on any atom is -0.507 e. The van der Waals surface area contributed by atoms with Gasteiger partial charge in [0.05, 0.1) is 0 Å². The molecule has 0 atom stereocenters. The topological polar surface area (TPSA) is 46.2 Å². The number of phenolic OH excluding ortho intramolecular Hbond substituents is 1. The predicted molar refractivity (Wildman–Crippen MR) is 57.7 cm³/mol. The van der Waals surface area contributed by atoms with Gasteiger partial charge in [0.1, 0.15) is 5.75 Å². The molecule has 1 aromatic carbocycles. The van der Waals surface area contributed by atoms with Gasteiger partial charge in [-0.25, -0.2) is 0 Å². The lowest BCUT2D eigenvalue weighted by Crippen LogP contribution is -2.20. The van der Waals surface area contributed by atoms with Gasteiger partial charge in [0, 0.05) is 16.1 Å². The first-order chi connectivity index (χ1) is 6.46. The van der Waals surface area contributed by atoms with Crippen LogP contribution in [0.25, 0.3) is 0 Å². The Morgan fingerprint density at radius 3 is 2.50 bits per heavy atom. The summed E-state index contributed by atoms with van der Waals surface area (Å²) < 4.78 is 0. The van der Waals surface area contributed by atoms with Crippen LogP contribution in [-0.2, 0) is 5.54 Å². The fraction of sp³-hybridized carbons (Fsp3) is 0.455. The molecule has 1 aliphatic carbocycles. The monoisotopic (exact) mass is 211 g/mol. The Kier molecular flexibility index (Phi) is 2.02. The van der Waals surface area contributed by atoms with Crippen LogP contribution in [0.15, 0.2) is 6.07 Å². The second kappa shape index (κ2) is 2.88. The second-order valence-corrected chi connectivity index (χ2v) is 4.59. The average Bonchev–Trinajstić information content (AvgIpc) is 2.81. The smallest absolute Gasteiger partial charge is 0.123 e. The molecule has 2 rings (SSSR count). The molecule has 0 saturated heterocycles. The maximum atomic E-state index is 9.94. The first-order valence-corrected chi connectivity index (χ1v) is 5.11. The highest BCUT2D eigenvalue weighted by molar-refractivity contribution is 6.31. The highest BCUT2D eigenvalue weighted by Crippen LogP contribution is 2.49. The van der Waals surface area contributed by atoms with Gasteiger partial charge >= 0.3 is 0 Å². The van der Waals surface area contributed by atoms with Crippen molar-refractivity contribution in [2.24, 2.45) is 5.73 Å². The maximum absolute atomic E-state index is 9.94. The van der Waals surface area contributed by atoms with Crippen molar-refractivity contribution in [3.8, 4) is 5.75 Å². The van der Waals surface area contributed by atoms with Crippen LogP contribution in [0, 0.1) is 13.8 Å². The first kappa shape index (κ1) is 9.81. The molecule has 1 aromatic rings. The summed E-state index contributed by atoms with van der Waals surface area (Å²) in [6, 6.07) is 1.78. The Balaban J connectivity index is 2.68. The highest BCUT2D eigenvalue weighted by Gasteiger charge is 2.43. The van der Waals surface area contributed by atoms with Crippen LogP contribution in [0.5, 0.6) is 5.75 Å². The van der Waals surface area contributed by atoms with Crippen molar-refractivity contribution in [2.75, 3.05) is 0 Å². The van der Waals surface area contributed by atoms with Crippen LogP contribution in [-0.4, -0.2) is 5.11 Å². The first-order valence-electron chi connectivity index (χ1n) is 4.74. The van der Waals surface area contributed by atoms with Gasteiger partial charge in [-0.2, -0.15) is 0 Å². The number of benzene rings is 1. The lowest BCUT2D eigenvalue weighted by atomic mass is 9.96. The zero-order valence-corrected chi connectivity index (χ0v) is 9.15. The van der Waals surface area contributed by atoms with E-state index in [1.807, 2.05) is 13.8 Å². The van der Waals surface area contributed by atoms with E-state index < -0.39 is 0 Å². The quantitative estimate of drug-likeness (QED) is 0.750. The summed E-state index contributed by atoms with van der Waals surface area (Å²) in [7, 11) is 0. The molecule has 1 saturated carbocycles. The summed E-state index contributed by atoms with van der Waals surface area (Å²) in [6.45, 7) is 3.75. The summed E-state index contributed by atoms with van der Waals surface area (Å²) in [5, 5.41) is 10.6. The number of nitrogens with two attached hydrogens (primary N) is 1. The minimum absolute atomic E-state index is 0.312. The molecule has 0 spiro atoms. The van der Waals surface area contributed by atoms with E-state index in [1.165, 1.54) is 0 Å². The molecule has 76 valence electrons. The summed E-state index contributed by atoms with van der Waals surface area (Å²) in [5.41, 5.74) is 8.31. The zero-order chi connectivity index (χ0) is 10.5.